The van der Waals surface area contributed by atoms with Gasteiger partial charge in [-0.05, 0) is 44.9 Å². The molecule has 0 aliphatic carbocycles. The van der Waals surface area contributed by atoms with Crippen molar-refractivity contribution >= 4 is 10.9 Å². The number of hydrogen-bond donors (Lipinski definition) is 3. The summed E-state index contributed by atoms with van der Waals surface area (Å²) in [5.74, 6) is 0. The van der Waals surface area contributed by atoms with Gasteiger partial charge < -0.3 is 10.4 Å². The molecule has 1 heterocycles. The van der Waals surface area contributed by atoms with Crippen LogP contribution in [0.25, 0.3) is 10.9 Å². The van der Waals surface area contributed by atoms with E-state index in [1.165, 1.54) is 0 Å². The second-order valence-electron chi connectivity index (χ2n) is 5.83. The number of fused-ring (bicyclic) bond motifs is 1. The molecule has 0 saturated heterocycles. The van der Waals surface area contributed by atoms with Gasteiger partial charge in [0.1, 0.15) is 0 Å². The molecule has 18 heavy (non-hydrogen) atoms. The van der Waals surface area contributed by atoms with Gasteiger partial charge in [-0.3, -0.25) is 5.10 Å². The Labute approximate surface area is 107 Å². The fourth-order valence-corrected chi connectivity index (χ4v) is 2.02. The Hall–Kier alpha value is -1.39. The molecule has 0 bridgehead atoms. The van der Waals surface area contributed by atoms with Crippen LogP contribution in [-0.4, -0.2) is 27.4 Å². The van der Waals surface area contributed by atoms with Crippen LogP contribution in [-0.2, 0) is 0 Å². The van der Waals surface area contributed by atoms with Crippen molar-refractivity contribution in [3.05, 3.63) is 29.5 Å². The van der Waals surface area contributed by atoms with Gasteiger partial charge in [0, 0.05) is 17.5 Å². The number of H-pyrrole nitrogens is 1. The van der Waals surface area contributed by atoms with Gasteiger partial charge in [0.25, 0.3) is 0 Å². The summed E-state index contributed by atoms with van der Waals surface area (Å²) in [6, 6.07) is 4.06. The number of β-amino-alcohol motifs (C(OH)–C–C–N with tert-alkyl or cyclic N) is 1. The maximum absolute atomic E-state index is 10.3. The molecule has 98 valence electrons. The number of aryl methyl sites for hydroxylation is 1. The summed E-state index contributed by atoms with van der Waals surface area (Å²) in [6.45, 7) is 8.82. The Morgan fingerprint density at radius 3 is 2.78 bits per heavy atom. The zero-order valence-electron chi connectivity index (χ0n) is 11.4. The van der Waals surface area contributed by atoms with Gasteiger partial charge in [0.05, 0.1) is 17.8 Å². The first-order valence-corrected chi connectivity index (χ1v) is 6.23. The quantitative estimate of drug-likeness (QED) is 0.780. The van der Waals surface area contributed by atoms with E-state index < -0.39 is 6.10 Å². The molecule has 4 nitrogen and oxygen atoms in total. The topological polar surface area (TPSA) is 60.9 Å². The maximum atomic E-state index is 10.3. The smallest absolute Gasteiger partial charge is 0.0921 e. The van der Waals surface area contributed by atoms with Gasteiger partial charge >= 0.3 is 0 Å². The summed E-state index contributed by atoms with van der Waals surface area (Å²) in [5.41, 5.74) is 3.02. The van der Waals surface area contributed by atoms with Gasteiger partial charge in [-0.2, -0.15) is 5.10 Å². The number of hydrogen-bond acceptors (Lipinski definition) is 3. The van der Waals surface area contributed by atoms with Crippen molar-refractivity contribution in [1.29, 1.82) is 0 Å². The first-order valence-electron chi connectivity index (χ1n) is 6.23. The van der Waals surface area contributed by atoms with Crippen molar-refractivity contribution in [2.45, 2.75) is 39.3 Å². The predicted octanol–water partition coefficient (Wildman–Crippen LogP) is 2.29. The highest BCUT2D eigenvalue weighted by Gasteiger charge is 2.16. The molecule has 1 aromatic heterocycles. The zero-order chi connectivity index (χ0) is 13.3. The van der Waals surface area contributed by atoms with Crippen molar-refractivity contribution in [2.75, 3.05) is 6.54 Å². The minimum Gasteiger partial charge on any atom is -0.387 e. The summed E-state index contributed by atoms with van der Waals surface area (Å²) < 4.78 is 0. The third-order valence-corrected chi connectivity index (χ3v) is 2.92. The largest absolute Gasteiger partial charge is 0.387 e. The molecule has 4 heteroatoms. The van der Waals surface area contributed by atoms with Crippen molar-refractivity contribution in [3.8, 4) is 0 Å². The summed E-state index contributed by atoms with van der Waals surface area (Å²) in [7, 11) is 0. The molecule has 0 aliphatic rings. The molecule has 0 amide bonds. The second kappa shape index (κ2) is 4.71. The predicted molar refractivity (Wildman–Crippen MR) is 73.5 cm³/mol. The van der Waals surface area contributed by atoms with E-state index in [0.717, 1.165) is 22.0 Å². The average Bonchev–Trinajstić information content (AvgIpc) is 2.71. The highest BCUT2D eigenvalue weighted by atomic mass is 16.3. The monoisotopic (exact) mass is 247 g/mol. The first-order chi connectivity index (χ1) is 8.37. The Bertz CT molecular complexity index is 539. The molecule has 0 saturated carbocycles. The molecule has 0 aliphatic heterocycles. The zero-order valence-corrected chi connectivity index (χ0v) is 11.4. The fraction of sp³-hybridized carbons (Fsp3) is 0.500. The van der Waals surface area contributed by atoms with E-state index >= 15 is 0 Å². The average molecular weight is 247 g/mol. The van der Waals surface area contributed by atoms with Crippen LogP contribution in [0, 0.1) is 6.92 Å². The number of rotatable bonds is 3. The van der Waals surface area contributed by atoms with Crippen LogP contribution in [0.1, 0.15) is 38.0 Å². The number of nitrogens with one attached hydrogen (secondary N) is 2. The molecular weight excluding hydrogens is 226 g/mol. The molecule has 0 radical (unpaired) electrons. The fourth-order valence-electron chi connectivity index (χ4n) is 2.02. The van der Waals surface area contributed by atoms with Gasteiger partial charge in [-0.1, -0.05) is 6.07 Å². The van der Waals surface area contributed by atoms with Crippen molar-refractivity contribution in [3.63, 3.8) is 0 Å². The number of aromatic nitrogens is 2. The standard InChI is InChI=1S/C14H21N3O/c1-9-5-10(11-7-16-17-12(11)6-9)13(18)8-15-14(2,3)4/h5-7,13,15,18H,8H2,1-4H3,(H,16,17)/t13-/m0/s1. The Morgan fingerprint density at radius 2 is 2.11 bits per heavy atom. The molecule has 0 spiro atoms. The van der Waals surface area contributed by atoms with Crippen LogP contribution in [0.5, 0.6) is 0 Å². The van der Waals surface area contributed by atoms with Crippen LogP contribution in [0.2, 0.25) is 0 Å². The highest BCUT2D eigenvalue weighted by molar-refractivity contribution is 5.82. The van der Waals surface area contributed by atoms with Crippen LogP contribution in [0.4, 0.5) is 0 Å². The van der Waals surface area contributed by atoms with E-state index in [1.54, 1.807) is 6.20 Å². The van der Waals surface area contributed by atoms with Gasteiger partial charge in [-0.15, -0.1) is 0 Å². The van der Waals surface area contributed by atoms with Gasteiger partial charge in [0.2, 0.25) is 0 Å². The Morgan fingerprint density at radius 1 is 1.39 bits per heavy atom. The lowest BCUT2D eigenvalue weighted by atomic mass is 10.0. The number of nitrogens with zero attached hydrogens (tertiary/aromatic N) is 1. The second-order valence-corrected chi connectivity index (χ2v) is 5.83. The van der Waals surface area contributed by atoms with Crippen LogP contribution >= 0.6 is 0 Å². The molecule has 0 unspecified atom stereocenters. The lowest BCUT2D eigenvalue weighted by molar-refractivity contribution is 0.164. The molecule has 1 atom stereocenters. The van der Waals surface area contributed by atoms with E-state index in [0.29, 0.717) is 6.54 Å². The summed E-state index contributed by atoms with van der Waals surface area (Å²) in [4.78, 5) is 0. The summed E-state index contributed by atoms with van der Waals surface area (Å²) >= 11 is 0. The summed E-state index contributed by atoms with van der Waals surface area (Å²) in [6.07, 6.45) is 1.24. The minimum absolute atomic E-state index is 0.000314. The minimum atomic E-state index is -0.524. The third kappa shape index (κ3) is 2.89. The lowest BCUT2D eigenvalue weighted by Crippen LogP contribution is -2.38. The molecule has 1 aromatic carbocycles. The van der Waals surface area contributed by atoms with Crippen LogP contribution in [0.15, 0.2) is 18.3 Å². The molecule has 3 N–H and O–H groups in total. The number of aromatic amines is 1. The summed E-state index contributed by atoms with van der Waals surface area (Å²) in [5, 5.41) is 21.6. The van der Waals surface area contributed by atoms with E-state index in [1.807, 2.05) is 19.1 Å². The van der Waals surface area contributed by atoms with Crippen molar-refractivity contribution < 1.29 is 5.11 Å². The van der Waals surface area contributed by atoms with E-state index in [4.69, 9.17) is 0 Å². The van der Waals surface area contributed by atoms with Crippen molar-refractivity contribution in [1.82, 2.24) is 15.5 Å². The third-order valence-electron chi connectivity index (χ3n) is 2.92. The molecule has 2 aromatic rings. The first kappa shape index (κ1) is 13.1. The van der Waals surface area contributed by atoms with Crippen molar-refractivity contribution in [2.24, 2.45) is 0 Å². The number of benzene rings is 1. The number of aliphatic hydroxyl groups excluding tert-OH is 1. The normalized spacial score (nSPS) is 14.1. The lowest BCUT2D eigenvalue weighted by Gasteiger charge is -2.23. The maximum Gasteiger partial charge on any atom is 0.0921 e. The highest BCUT2D eigenvalue weighted by Crippen LogP contribution is 2.24. The number of aliphatic hydroxyl groups is 1. The van der Waals surface area contributed by atoms with Crippen LogP contribution in [0.3, 0.4) is 0 Å². The van der Waals surface area contributed by atoms with E-state index in [2.05, 4.69) is 36.3 Å². The van der Waals surface area contributed by atoms with Gasteiger partial charge in [0.15, 0.2) is 0 Å². The molecule has 2 rings (SSSR count). The van der Waals surface area contributed by atoms with Gasteiger partial charge in [-0.25, -0.2) is 0 Å². The van der Waals surface area contributed by atoms with Crippen LogP contribution < -0.4 is 5.32 Å². The molecule has 0 fully saturated rings. The van der Waals surface area contributed by atoms with E-state index in [9.17, 15) is 5.11 Å². The SMILES string of the molecule is Cc1cc([C@@H](O)CNC(C)(C)C)c2cn[nH]c2c1. The van der Waals surface area contributed by atoms with E-state index in [-0.39, 0.29) is 5.54 Å². The Balaban J connectivity index is 2.26. The molecular formula is C14H21N3O. The Kier molecular flexibility index (Phi) is 3.41.